The minimum Gasteiger partial charge on any atom is -0.395 e. The number of rotatable bonds is 5. The van der Waals surface area contributed by atoms with Crippen LogP contribution in [0.25, 0.3) is 11.0 Å². The van der Waals surface area contributed by atoms with Gasteiger partial charge in [-0.05, 0) is 19.9 Å². The molecule has 7 heteroatoms. The Bertz CT molecular complexity index is 633. The molecule has 20 heavy (non-hydrogen) atoms. The molecule has 0 saturated heterocycles. The average Bonchev–Trinajstić information content (AvgIpc) is 2.93. The third-order valence-electron chi connectivity index (χ3n) is 2.89. The van der Waals surface area contributed by atoms with Crippen LogP contribution in [-0.2, 0) is 4.79 Å². The van der Waals surface area contributed by atoms with Crippen molar-refractivity contribution in [2.75, 3.05) is 13.2 Å². The lowest BCUT2D eigenvalue weighted by Crippen LogP contribution is -2.37. The highest BCUT2D eigenvalue weighted by molar-refractivity contribution is 7.15. The van der Waals surface area contributed by atoms with Crippen LogP contribution < -0.4 is 0 Å². The van der Waals surface area contributed by atoms with Crippen LogP contribution in [0.1, 0.15) is 19.5 Å². The number of aromatic nitrogens is 2. The van der Waals surface area contributed by atoms with E-state index in [4.69, 9.17) is 16.7 Å². The second kappa shape index (κ2) is 6.39. The van der Waals surface area contributed by atoms with Crippen LogP contribution in [0.4, 0.5) is 0 Å². The van der Waals surface area contributed by atoms with Gasteiger partial charge in [-0.15, -0.1) is 11.3 Å². The summed E-state index contributed by atoms with van der Waals surface area (Å²) in [6, 6.07) is 0.0291. The van der Waals surface area contributed by atoms with Crippen LogP contribution in [0.15, 0.2) is 17.7 Å². The van der Waals surface area contributed by atoms with Gasteiger partial charge in [-0.1, -0.05) is 11.6 Å². The van der Waals surface area contributed by atoms with Gasteiger partial charge in [0.25, 0.3) is 0 Å². The van der Waals surface area contributed by atoms with E-state index in [0.717, 1.165) is 4.96 Å². The van der Waals surface area contributed by atoms with Crippen LogP contribution in [0.3, 0.4) is 0 Å². The number of carbonyl (C=O) groups is 1. The maximum atomic E-state index is 12.1. The Hall–Kier alpha value is -1.37. The summed E-state index contributed by atoms with van der Waals surface area (Å²) in [6.45, 7) is 4.07. The summed E-state index contributed by atoms with van der Waals surface area (Å²) in [5.74, 6) is -0.157. The Labute approximate surface area is 126 Å². The second-order valence-corrected chi connectivity index (χ2v) is 5.76. The lowest BCUT2D eigenvalue weighted by Gasteiger charge is -2.24. The number of nitrogens with zero attached hydrogens (tertiary/aromatic N) is 3. The molecule has 0 bridgehead atoms. The summed E-state index contributed by atoms with van der Waals surface area (Å²) in [6.07, 6.45) is 4.98. The smallest absolute Gasteiger partial charge is 0.246 e. The number of hydrogen-bond acceptors (Lipinski definition) is 4. The van der Waals surface area contributed by atoms with Gasteiger partial charge in [-0.3, -0.25) is 9.20 Å². The third kappa shape index (κ3) is 3.03. The fourth-order valence-corrected chi connectivity index (χ4v) is 2.91. The van der Waals surface area contributed by atoms with Gasteiger partial charge in [0.1, 0.15) is 0 Å². The molecule has 0 spiro atoms. The van der Waals surface area contributed by atoms with E-state index in [1.54, 1.807) is 11.0 Å². The summed E-state index contributed by atoms with van der Waals surface area (Å²) in [4.78, 5) is 18.7. The molecule has 0 radical (unpaired) electrons. The highest BCUT2D eigenvalue weighted by Gasteiger charge is 2.14. The number of aliphatic hydroxyl groups excluding tert-OH is 1. The fourth-order valence-electron chi connectivity index (χ4n) is 1.90. The molecule has 2 heterocycles. The number of amides is 1. The van der Waals surface area contributed by atoms with Gasteiger partial charge in [-0.2, -0.15) is 0 Å². The molecule has 2 aromatic rings. The third-order valence-corrected chi connectivity index (χ3v) is 3.92. The maximum Gasteiger partial charge on any atom is 0.246 e. The first-order valence-electron chi connectivity index (χ1n) is 6.25. The van der Waals surface area contributed by atoms with Crippen molar-refractivity contribution in [1.82, 2.24) is 14.3 Å². The van der Waals surface area contributed by atoms with E-state index in [2.05, 4.69) is 4.98 Å². The number of thiazole rings is 1. The van der Waals surface area contributed by atoms with E-state index < -0.39 is 0 Å². The molecular formula is C13H16ClN3O2S. The molecule has 2 aromatic heterocycles. The minimum absolute atomic E-state index is 0.0291. The zero-order valence-corrected chi connectivity index (χ0v) is 12.9. The molecule has 0 aliphatic carbocycles. The van der Waals surface area contributed by atoms with E-state index in [1.807, 2.05) is 29.8 Å². The van der Waals surface area contributed by atoms with Gasteiger partial charge in [0.15, 0.2) is 10.1 Å². The normalized spacial score (nSPS) is 11.8. The lowest BCUT2D eigenvalue weighted by molar-refractivity contribution is -0.128. The molecule has 0 aliphatic heterocycles. The molecule has 108 valence electrons. The van der Waals surface area contributed by atoms with Crippen molar-refractivity contribution in [2.24, 2.45) is 0 Å². The lowest BCUT2D eigenvalue weighted by atomic mass is 10.3. The van der Waals surface area contributed by atoms with Crippen molar-refractivity contribution >= 4 is 39.9 Å². The summed E-state index contributed by atoms with van der Waals surface area (Å²) < 4.78 is 1.84. The van der Waals surface area contributed by atoms with E-state index in [9.17, 15) is 4.79 Å². The van der Waals surface area contributed by atoms with E-state index in [-0.39, 0.29) is 18.6 Å². The average molecular weight is 314 g/mol. The van der Waals surface area contributed by atoms with Gasteiger partial charge in [0, 0.05) is 30.2 Å². The summed E-state index contributed by atoms with van der Waals surface area (Å²) in [5, 5.41) is 11.3. The number of halogens is 1. The van der Waals surface area contributed by atoms with Gasteiger partial charge in [0.05, 0.1) is 12.3 Å². The molecule has 0 saturated carbocycles. The highest BCUT2D eigenvalue weighted by atomic mass is 35.5. The van der Waals surface area contributed by atoms with Gasteiger partial charge >= 0.3 is 0 Å². The fraction of sp³-hybridized carbons (Fsp3) is 0.385. The summed E-state index contributed by atoms with van der Waals surface area (Å²) >= 11 is 7.54. The van der Waals surface area contributed by atoms with Crippen LogP contribution in [0.5, 0.6) is 0 Å². The van der Waals surface area contributed by atoms with Crippen molar-refractivity contribution in [3.63, 3.8) is 0 Å². The van der Waals surface area contributed by atoms with Crippen molar-refractivity contribution in [3.8, 4) is 0 Å². The predicted molar refractivity (Wildman–Crippen MR) is 81.0 cm³/mol. The molecule has 2 rings (SSSR count). The zero-order chi connectivity index (χ0) is 14.7. The standard InChI is InChI=1S/C13H16ClN3O2S/c1-9(2)16(5-7-18)11(19)4-3-10-12(14)15-13-17(10)6-8-20-13/h3-4,6,8-9,18H,5,7H2,1-2H3/b4-3+. The van der Waals surface area contributed by atoms with Crippen molar-refractivity contribution in [3.05, 3.63) is 28.5 Å². The van der Waals surface area contributed by atoms with E-state index >= 15 is 0 Å². The first kappa shape index (κ1) is 15.0. The topological polar surface area (TPSA) is 57.8 Å². The van der Waals surface area contributed by atoms with Crippen molar-refractivity contribution in [1.29, 1.82) is 0 Å². The van der Waals surface area contributed by atoms with E-state index in [1.165, 1.54) is 17.4 Å². The molecule has 0 atom stereocenters. The minimum atomic E-state index is -0.157. The van der Waals surface area contributed by atoms with Crippen molar-refractivity contribution < 1.29 is 9.90 Å². The van der Waals surface area contributed by atoms with Gasteiger partial charge in [0.2, 0.25) is 5.91 Å². The SMILES string of the molecule is CC(C)N(CCO)C(=O)/C=C/c1c(Cl)nc2sccn12. The molecule has 0 fully saturated rings. The Balaban J connectivity index is 2.21. The second-order valence-electron chi connectivity index (χ2n) is 4.53. The van der Waals surface area contributed by atoms with Gasteiger partial charge in [-0.25, -0.2) is 4.98 Å². The first-order chi connectivity index (χ1) is 9.54. The predicted octanol–water partition coefficient (Wildman–Crippen LogP) is 2.29. The first-order valence-corrected chi connectivity index (χ1v) is 7.51. The summed E-state index contributed by atoms with van der Waals surface area (Å²) in [5.41, 5.74) is 0.684. The maximum absolute atomic E-state index is 12.1. The number of hydrogen-bond donors (Lipinski definition) is 1. The molecule has 1 amide bonds. The number of imidazole rings is 1. The van der Waals surface area contributed by atoms with Crippen molar-refractivity contribution in [2.45, 2.75) is 19.9 Å². The number of carbonyl (C=O) groups excluding carboxylic acids is 1. The Morgan fingerprint density at radius 2 is 2.40 bits per heavy atom. The largest absolute Gasteiger partial charge is 0.395 e. The molecule has 0 unspecified atom stereocenters. The molecular weight excluding hydrogens is 298 g/mol. The van der Waals surface area contributed by atoms with Crippen LogP contribution in [0, 0.1) is 0 Å². The Morgan fingerprint density at radius 1 is 1.65 bits per heavy atom. The molecule has 0 aliphatic rings. The molecule has 1 N–H and O–H groups in total. The Morgan fingerprint density at radius 3 is 3.05 bits per heavy atom. The zero-order valence-electron chi connectivity index (χ0n) is 11.3. The van der Waals surface area contributed by atoms with E-state index in [0.29, 0.717) is 17.4 Å². The quantitative estimate of drug-likeness (QED) is 0.862. The Kier molecular flexibility index (Phi) is 4.80. The molecule has 5 nitrogen and oxygen atoms in total. The number of aliphatic hydroxyl groups is 1. The highest BCUT2D eigenvalue weighted by Crippen LogP contribution is 2.22. The van der Waals surface area contributed by atoms with Gasteiger partial charge < -0.3 is 10.0 Å². The van der Waals surface area contributed by atoms with Crippen LogP contribution in [-0.4, -0.2) is 44.5 Å². The van der Waals surface area contributed by atoms with Crippen LogP contribution >= 0.6 is 22.9 Å². The number of fused-ring (bicyclic) bond motifs is 1. The molecule has 0 aromatic carbocycles. The summed E-state index contributed by atoms with van der Waals surface area (Å²) in [7, 11) is 0. The monoisotopic (exact) mass is 313 g/mol. The van der Waals surface area contributed by atoms with Crippen LogP contribution in [0.2, 0.25) is 5.15 Å².